The fraction of sp³-hybridized carbons (Fsp3) is 0. The lowest BCUT2D eigenvalue weighted by Gasteiger charge is -2.01. The van der Waals surface area contributed by atoms with Gasteiger partial charge < -0.3 is 0 Å². The Bertz CT molecular complexity index is 2310. The molecule has 0 radical (unpaired) electrons. The molecule has 9 rings (SSSR count). The van der Waals surface area contributed by atoms with Crippen LogP contribution < -0.4 is 0 Å². The number of rotatable bonds is 1. The summed E-state index contributed by atoms with van der Waals surface area (Å²) in [5.74, 6) is 0. The van der Waals surface area contributed by atoms with Crippen molar-refractivity contribution in [2.75, 3.05) is 0 Å². The molecule has 0 spiro atoms. The number of hydrogen-bond donors (Lipinski definition) is 0. The molecule has 0 aliphatic carbocycles. The van der Waals surface area contributed by atoms with E-state index in [-0.39, 0.29) is 0 Å². The Morgan fingerprint density at radius 1 is 0.528 bits per heavy atom. The first-order valence-electron chi connectivity index (χ1n) is 12.1. The molecule has 9 aromatic rings. The summed E-state index contributed by atoms with van der Waals surface area (Å²) >= 11 is 1.88. The van der Waals surface area contributed by atoms with Crippen molar-refractivity contribution in [2.45, 2.75) is 0 Å². The van der Waals surface area contributed by atoms with E-state index in [0.29, 0.717) is 0 Å². The molecular formula is C32H17N3S. The van der Waals surface area contributed by atoms with Crippen molar-refractivity contribution in [3.05, 3.63) is 103 Å². The van der Waals surface area contributed by atoms with Gasteiger partial charge in [-0.3, -0.25) is 4.40 Å². The van der Waals surface area contributed by atoms with Crippen LogP contribution in [0.25, 0.3) is 80.7 Å². The van der Waals surface area contributed by atoms with Gasteiger partial charge in [0.05, 0.1) is 26.8 Å². The van der Waals surface area contributed by atoms with Gasteiger partial charge in [-0.15, -0.1) is 11.3 Å². The molecular weight excluding hydrogens is 458 g/mol. The highest BCUT2D eigenvalue weighted by molar-refractivity contribution is 7.26. The minimum Gasteiger partial charge on any atom is -0.290 e. The molecule has 166 valence electrons. The fourth-order valence-electron chi connectivity index (χ4n) is 5.92. The standard InChI is InChI=1S/C32H17N3S/c1-2-7-18(8-3-1)19-13-14-20-23-16-15-22-21-9-6-10-24-28-32(34-26-12-5-4-11-25(26)33-28)35(29(21)24)30(22)31(23)36-27(20)17-19/h1-17H. The van der Waals surface area contributed by atoms with Crippen molar-refractivity contribution in [2.24, 2.45) is 0 Å². The second-order valence-corrected chi connectivity index (χ2v) is 10.5. The van der Waals surface area contributed by atoms with Gasteiger partial charge in [-0.2, -0.15) is 0 Å². The maximum atomic E-state index is 5.14. The van der Waals surface area contributed by atoms with Crippen molar-refractivity contribution in [1.29, 1.82) is 0 Å². The van der Waals surface area contributed by atoms with E-state index in [9.17, 15) is 0 Å². The van der Waals surface area contributed by atoms with Gasteiger partial charge in [0.2, 0.25) is 0 Å². The van der Waals surface area contributed by atoms with Crippen LogP contribution >= 0.6 is 11.3 Å². The summed E-state index contributed by atoms with van der Waals surface area (Å²) in [7, 11) is 0. The molecule has 0 aliphatic rings. The van der Waals surface area contributed by atoms with Crippen LogP contribution in [0.3, 0.4) is 0 Å². The third kappa shape index (κ3) is 2.27. The molecule has 0 N–H and O–H groups in total. The average Bonchev–Trinajstić information content (AvgIpc) is 3.58. The average molecular weight is 476 g/mol. The lowest BCUT2D eigenvalue weighted by atomic mass is 10.0. The minimum atomic E-state index is 0.926. The Kier molecular flexibility index (Phi) is 3.42. The van der Waals surface area contributed by atoms with E-state index >= 15 is 0 Å². The Labute approximate surface area is 209 Å². The van der Waals surface area contributed by atoms with Gasteiger partial charge in [-0.25, -0.2) is 9.97 Å². The summed E-state index contributed by atoms with van der Waals surface area (Å²) in [6.07, 6.45) is 0. The van der Waals surface area contributed by atoms with Gasteiger partial charge in [0, 0.05) is 31.6 Å². The lowest BCUT2D eigenvalue weighted by Crippen LogP contribution is -1.89. The molecule has 0 amide bonds. The summed E-state index contributed by atoms with van der Waals surface area (Å²) in [5, 5.41) is 6.30. The van der Waals surface area contributed by atoms with Gasteiger partial charge in [0.25, 0.3) is 0 Å². The van der Waals surface area contributed by atoms with Gasteiger partial charge in [0.1, 0.15) is 5.52 Å². The molecule has 0 unspecified atom stereocenters. The van der Waals surface area contributed by atoms with E-state index in [0.717, 1.165) is 27.6 Å². The lowest BCUT2D eigenvalue weighted by molar-refractivity contribution is 1.28. The second-order valence-electron chi connectivity index (χ2n) is 9.44. The first kappa shape index (κ1) is 18.7. The Morgan fingerprint density at radius 3 is 2.14 bits per heavy atom. The van der Waals surface area contributed by atoms with Crippen LogP contribution in [-0.2, 0) is 0 Å². The quantitative estimate of drug-likeness (QED) is 0.237. The molecule has 4 aromatic heterocycles. The number of aromatic nitrogens is 3. The highest BCUT2D eigenvalue weighted by atomic mass is 32.1. The zero-order valence-electron chi connectivity index (χ0n) is 19.1. The van der Waals surface area contributed by atoms with Crippen LogP contribution in [0.2, 0.25) is 0 Å². The molecule has 0 aliphatic heterocycles. The highest BCUT2D eigenvalue weighted by Gasteiger charge is 2.22. The van der Waals surface area contributed by atoms with Crippen LogP contribution in [0.15, 0.2) is 103 Å². The molecule has 0 atom stereocenters. The number of hydrogen-bond acceptors (Lipinski definition) is 3. The molecule has 0 bridgehead atoms. The zero-order valence-corrected chi connectivity index (χ0v) is 19.9. The predicted molar refractivity (Wildman–Crippen MR) is 153 cm³/mol. The summed E-state index contributed by atoms with van der Waals surface area (Å²) in [4.78, 5) is 10.2. The van der Waals surface area contributed by atoms with E-state index < -0.39 is 0 Å². The van der Waals surface area contributed by atoms with E-state index in [1.165, 1.54) is 53.1 Å². The highest BCUT2D eigenvalue weighted by Crippen LogP contribution is 2.45. The number of benzene rings is 5. The molecule has 4 heteroatoms. The fourth-order valence-corrected chi connectivity index (χ4v) is 7.20. The van der Waals surface area contributed by atoms with E-state index in [4.69, 9.17) is 9.97 Å². The third-order valence-corrected chi connectivity index (χ3v) is 8.69. The van der Waals surface area contributed by atoms with Gasteiger partial charge in [-0.05, 0) is 29.3 Å². The number of para-hydroxylation sites is 3. The first-order chi connectivity index (χ1) is 17.8. The maximum Gasteiger partial charge on any atom is 0.165 e. The topological polar surface area (TPSA) is 30.2 Å². The van der Waals surface area contributed by atoms with Crippen LogP contribution in [-0.4, -0.2) is 14.4 Å². The number of fused-ring (bicyclic) bond motifs is 11. The Balaban J connectivity index is 1.47. The van der Waals surface area contributed by atoms with Gasteiger partial charge in [0.15, 0.2) is 5.65 Å². The van der Waals surface area contributed by atoms with Crippen LogP contribution in [0.5, 0.6) is 0 Å². The Hall–Kier alpha value is -4.54. The molecule has 4 heterocycles. The summed E-state index contributed by atoms with van der Waals surface area (Å²) in [6, 6.07) is 36.8. The van der Waals surface area contributed by atoms with Crippen molar-refractivity contribution in [3.63, 3.8) is 0 Å². The van der Waals surface area contributed by atoms with Gasteiger partial charge in [-0.1, -0.05) is 84.9 Å². The molecule has 0 saturated carbocycles. The van der Waals surface area contributed by atoms with Crippen LogP contribution in [0, 0.1) is 0 Å². The molecule has 36 heavy (non-hydrogen) atoms. The normalized spacial score (nSPS) is 12.4. The van der Waals surface area contributed by atoms with Gasteiger partial charge >= 0.3 is 0 Å². The largest absolute Gasteiger partial charge is 0.290 e. The molecule has 0 fully saturated rings. The third-order valence-electron chi connectivity index (χ3n) is 7.51. The minimum absolute atomic E-state index is 0.926. The second kappa shape index (κ2) is 6.56. The van der Waals surface area contributed by atoms with Crippen LogP contribution in [0.4, 0.5) is 0 Å². The summed E-state index contributed by atoms with van der Waals surface area (Å²) in [6.45, 7) is 0. The van der Waals surface area contributed by atoms with E-state index in [2.05, 4.69) is 89.3 Å². The van der Waals surface area contributed by atoms with Crippen LogP contribution in [0.1, 0.15) is 0 Å². The van der Waals surface area contributed by atoms with E-state index in [1.54, 1.807) is 0 Å². The first-order valence-corrected chi connectivity index (χ1v) is 12.9. The molecule has 3 nitrogen and oxygen atoms in total. The zero-order chi connectivity index (χ0) is 23.4. The summed E-state index contributed by atoms with van der Waals surface area (Å²) < 4.78 is 4.97. The van der Waals surface area contributed by atoms with Crippen molar-refractivity contribution in [1.82, 2.24) is 14.4 Å². The monoisotopic (exact) mass is 475 g/mol. The van der Waals surface area contributed by atoms with Crippen molar-refractivity contribution < 1.29 is 0 Å². The molecule has 0 saturated heterocycles. The Morgan fingerprint density at radius 2 is 1.25 bits per heavy atom. The molecule has 5 aromatic carbocycles. The predicted octanol–water partition coefficient (Wildman–Crippen LogP) is 8.81. The maximum absolute atomic E-state index is 5.14. The smallest absolute Gasteiger partial charge is 0.165 e. The summed E-state index contributed by atoms with van der Waals surface area (Å²) in [5.41, 5.74) is 8.72. The van der Waals surface area contributed by atoms with Crippen molar-refractivity contribution in [3.8, 4) is 11.1 Å². The number of nitrogens with zero attached hydrogens (tertiary/aromatic N) is 3. The van der Waals surface area contributed by atoms with Crippen molar-refractivity contribution >= 4 is 80.9 Å². The van der Waals surface area contributed by atoms with E-state index in [1.807, 2.05) is 29.5 Å². The number of thiophene rings is 1. The SMILES string of the molecule is c1ccc(-c2ccc3c(c2)sc2c3ccc3c4cccc5c6nc7ccccc7nc6n(c45)c32)cc1.